The lowest BCUT2D eigenvalue weighted by molar-refractivity contribution is 0.244. The van der Waals surface area contributed by atoms with Gasteiger partial charge < -0.3 is 14.7 Å². The van der Waals surface area contributed by atoms with Crippen LogP contribution in [0.1, 0.15) is 27.7 Å². The number of nitrogens with zero attached hydrogens (tertiary/aromatic N) is 3. The third-order valence-corrected chi connectivity index (χ3v) is 2.85. The fourth-order valence-electron chi connectivity index (χ4n) is 1.36. The lowest BCUT2D eigenvalue weighted by atomic mass is 10.3. The molecule has 16 heavy (non-hydrogen) atoms. The Morgan fingerprint density at radius 3 is 1.25 bits per heavy atom. The van der Waals surface area contributed by atoms with E-state index in [1.165, 1.54) is 19.6 Å². The minimum Gasteiger partial charge on any atom is -0.308 e. The van der Waals surface area contributed by atoms with E-state index in [0.29, 0.717) is 6.04 Å². The summed E-state index contributed by atoms with van der Waals surface area (Å²) < 4.78 is 0. The Labute approximate surface area is 103 Å². The number of hydrogen-bond acceptors (Lipinski definition) is 3. The van der Waals surface area contributed by atoms with E-state index in [1.807, 2.05) is 0 Å². The predicted octanol–water partition coefficient (Wildman–Crippen LogP) is 1.85. The molecule has 0 bridgehead atoms. The van der Waals surface area contributed by atoms with Crippen LogP contribution in [0.2, 0.25) is 0 Å². The van der Waals surface area contributed by atoms with Crippen LogP contribution in [0.3, 0.4) is 0 Å². The Bertz CT molecular complexity index is 126. The van der Waals surface area contributed by atoms with E-state index in [1.54, 1.807) is 0 Å². The molecule has 0 aliphatic rings. The highest BCUT2D eigenvalue weighted by molar-refractivity contribution is 4.61. The minimum absolute atomic E-state index is 0.653. The van der Waals surface area contributed by atoms with Crippen LogP contribution in [-0.2, 0) is 0 Å². The molecular formula is C13H33N3. The van der Waals surface area contributed by atoms with E-state index in [-0.39, 0.29) is 0 Å². The van der Waals surface area contributed by atoms with Gasteiger partial charge in [0, 0.05) is 12.6 Å². The van der Waals surface area contributed by atoms with Gasteiger partial charge in [-0.25, -0.2) is 0 Å². The third kappa shape index (κ3) is 12.0. The molecule has 0 spiro atoms. The van der Waals surface area contributed by atoms with Crippen molar-refractivity contribution in [2.75, 3.05) is 54.4 Å². The summed E-state index contributed by atoms with van der Waals surface area (Å²) in [5, 5.41) is 0. The molecule has 0 fully saturated rings. The van der Waals surface area contributed by atoms with Crippen molar-refractivity contribution in [2.24, 2.45) is 0 Å². The molecule has 0 aliphatic carbocycles. The maximum absolute atomic E-state index is 2.38. The molecule has 0 aromatic heterocycles. The SMILES string of the molecule is CC(CN(C)C)N(C)C.CCN(CC)CC. The quantitative estimate of drug-likeness (QED) is 0.691. The maximum Gasteiger partial charge on any atom is 0.0188 e. The van der Waals surface area contributed by atoms with E-state index >= 15 is 0 Å². The summed E-state index contributed by atoms with van der Waals surface area (Å²) >= 11 is 0. The van der Waals surface area contributed by atoms with Gasteiger partial charge in [-0.3, -0.25) is 0 Å². The average molecular weight is 231 g/mol. The van der Waals surface area contributed by atoms with E-state index in [2.05, 4.69) is 70.6 Å². The van der Waals surface area contributed by atoms with E-state index in [9.17, 15) is 0 Å². The van der Waals surface area contributed by atoms with Gasteiger partial charge in [-0.15, -0.1) is 0 Å². The molecule has 3 nitrogen and oxygen atoms in total. The van der Waals surface area contributed by atoms with Crippen LogP contribution in [0.5, 0.6) is 0 Å². The summed E-state index contributed by atoms with van der Waals surface area (Å²) in [6.07, 6.45) is 0. The topological polar surface area (TPSA) is 9.72 Å². The predicted molar refractivity (Wildman–Crippen MR) is 75.2 cm³/mol. The molecule has 0 rings (SSSR count). The van der Waals surface area contributed by atoms with Crippen LogP contribution in [0.25, 0.3) is 0 Å². The zero-order valence-electron chi connectivity index (χ0n) is 12.7. The Balaban J connectivity index is 0. The van der Waals surface area contributed by atoms with Gasteiger partial charge in [0.05, 0.1) is 0 Å². The zero-order valence-corrected chi connectivity index (χ0v) is 12.7. The summed E-state index contributed by atoms with van der Waals surface area (Å²) in [5.74, 6) is 0. The summed E-state index contributed by atoms with van der Waals surface area (Å²) in [6.45, 7) is 13.5. The van der Waals surface area contributed by atoms with Crippen LogP contribution in [0.15, 0.2) is 0 Å². The maximum atomic E-state index is 2.38. The number of hydrogen-bond donors (Lipinski definition) is 0. The number of rotatable bonds is 6. The fraction of sp³-hybridized carbons (Fsp3) is 1.00. The highest BCUT2D eigenvalue weighted by Crippen LogP contribution is 1.91. The van der Waals surface area contributed by atoms with Crippen molar-refractivity contribution >= 4 is 0 Å². The van der Waals surface area contributed by atoms with Crippen LogP contribution in [0.4, 0.5) is 0 Å². The van der Waals surface area contributed by atoms with Gasteiger partial charge in [-0.2, -0.15) is 0 Å². The normalized spacial score (nSPS) is 12.9. The first-order valence-electron chi connectivity index (χ1n) is 6.42. The first kappa shape index (κ1) is 18.3. The van der Waals surface area contributed by atoms with Crippen molar-refractivity contribution in [3.8, 4) is 0 Å². The fourth-order valence-corrected chi connectivity index (χ4v) is 1.36. The Hall–Kier alpha value is -0.120. The zero-order chi connectivity index (χ0) is 13.1. The van der Waals surface area contributed by atoms with Crippen molar-refractivity contribution in [2.45, 2.75) is 33.7 Å². The molecule has 100 valence electrons. The molecule has 0 radical (unpaired) electrons. The van der Waals surface area contributed by atoms with Crippen LogP contribution in [-0.4, -0.2) is 75.1 Å². The molecule has 0 amide bonds. The van der Waals surface area contributed by atoms with E-state index < -0.39 is 0 Å². The van der Waals surface area contributed by atoms with Crippen molar-refractivity contribution in [1.29, 1.82) is 0 Å². The van der Waals surface area contributed by atoms with Gasteiger partial charge in [0.2, 0.25) is 0 Å². The van der Waals surface area contributed by atoms with Crippen LogP contribution >= 0.6 is 0 Å². The smallest absolute Gasteiger partial charge is 0.0188 e. The lowest BCUT2D eigenvalue weighted by Gasteiger charge is -2.22. The van der Waals surface area contributed by atoms with Crippen molar-refractivity contribution in [1.82, 2.24) is 14.7 Å². The average Bonchev–Trinajstić information content (AvgIpc) is 2.20. The van der Waals surface area contributed by atoms with Gasteiger partial charge in [-0.05, 0) is 54.7 Å². The van der Waals surface area contributed by atoms with Gasteiger partial charge in [0.1, 0.15) is 0 Å². The monoisotopic (exact) mass is 231 g/mol. The molecular weight excluding hydrogens is 198 g/mol. The second-order valence-electron chi connectivity index (χ2n) is 4.69. The molecule has 0 aromatic carbocycles. The molecule has 1 unspecified atom stereocenters. The molecule has 0 saturated carbocycles. The van der Waals surface area contributed by atoms with Crippen molar-refractivity contribution in [3.05, 3.63) is 0 Å². The Morgan fingerprint density at radius 2 is 1.19 bits per heavy atom. The Morgan fingerprint density at radius 1 is 0.812 bits per heavy atom. The van der Waals surface area contributed by atoms with Crippen LogP contribution < -0.4 is 0 Å². The summed E-state index contributed by atoms with van der Waals surface area (Å²) in [7, 11) is 8.41. The van der Waals surface area contributed by atoms with Crippen molar-refractivity contribution in [3.63, 3.8) is 0 Å². The molecule has 1 atom stereocenters. The highest BCUT2D eigenvalue weighted by atomic mass is 15.2. The highest BCUT2D eigenvalue weighted by Gasteiger charge is 2.03. The summed E-state index contributed by atoms with van der Waals surface area (Å²) in [4.78, 5) is 6.80. The van der Waals surface area contributed by atoms with Gasteiger partial charge >= 0.3 is 0 Å². The molecule has 0 saturated heterocycles. The second kappa shape index (κ2) is 11.4. The minimum atomic E-state index is 0.653. The Kier molecular flexibility index (Phi) is 13.0. The third-order valence-electron chi connectivity index (χ3n) is 2.85. The van der Waals surface area contributed by atoms with Gasteiger partial charge in [0.25, 0.3) is 0 Å². The van der Waals surface area contributed by atoms with E-state index in [0.717, 1.165) is 6.54 Å². The first-order valence-corrected chi connectivity index (χ1v) is 6.42. The van der Waals surface area contributed by atoms with E-state index in [4.69, 9.17) is 0 Å². The largest absolute Gasteiger partial charge is 0.308 e. The molecule has 3 heteroatoms. The standard InChI is InChI=1S/C7H18N2.C6H15N/c1-7(9(4)5)6-8(2)3;1-4-7(5-2)6-3/h7H,6H2,1-5H3;4-6H2,1-3H3. The first-order chi connectivity index (χ1) is 7.38. The lowest BCUT2D eigenvalue weighted by Crippen LogP contribution is -2.34. The molecule has 0 N–H and O–H groups in total. The van der Waals surface area contributed by atoms with Crippen molar-refractivity contribution < 1.29 is 0 Å². The molecule has 0 aromatic rings. The molecule has 0 aliphatic heterocycles. The van der Waals surface area contributed by atoms with Gasteiger partial charge in [0.15, 0.2) is 0 Å². The molecule has 0 heterocycles. The van der Waals surface area contributed by atoms with Gasteiger partial charge in [-0.1, -0.05) is 20.8 Å². The number of likely N-dealkylation sites (N-methyl/N-ethyl adjacent to an activating group) is 2. The van der Waals surface area contributed by atoms with Crippen LogP contribution in [0, 0.1) is 0 Å². The second-order valence-corrected chi connectivity index (χ2v) is 4.69. The summed E-state index contributed by atoms with van der Waals surface area (Å²) in [6, 6.07) is 0.653. The summed E-state index contributed by atoms with van der Waals surface area (Å²) in [5.41, 5.74) is 0.